The highest BCUT2D eigenvalue weighted by Crippen LogP contribution is 2.29. The second-order valence-corrected chi connectivity index (χ2v) is 6.72. The second kappa shape index (κ2) is 7.67. The van der Waals surface area contributed by atoms with E-state index in [0.29, 0.717) is 12.3 Å². The van der Waals surface area contributed by atoms with Crippen LogP contribution in [-0.4, -0.2) is 47.0 Å². The van der Waals surface area contributed by atoms with Gasteiger partial charge in [-0.15, -0.1) is 0 Å². The highest BCUT2D eigenvalue weighted by Gasteiger charge is 2.39. The van der Waals surface area contributed by atoms with Gasteiger partial charge in [-0.2, -0.15) is 0 Å². The lowest BCUT2D eigenvalue weighted by Crippen LogP contribution is -2.38. The molecule has 1 saturated heterocycles. The number of esters is 1. The SMILES string of the molecule is Cc1cc(NC(=O)COC(=O)[C@@H]2CC(=O)N(C3CCCCC3)C2)no1. The molecule has 1 atom stereocenters. The number of anilines is 1. The van der Waals surface area contributed by atoms with Crippen LogP contribution in [0.15, 0.2) is 10.6 Å². The Kier molecular flexibility index (Phi) is 5.35. The zero-order valence-electron chi connectivity index (χ0n) is 14.3. The Morgan fingerprint density at radius 1 is 1.36 bits per heavy atom. The molecule has 0 aromatic carbocycles. The molecule has 0 bridgehead atoms. The first-order valence-corrected chi connectivity index (χ1v) is 8.72. The number of hydrogen-bond acceptors (Lipinski definition) is 6. The molecule has 2 heterocycles. The van der Waals surface area contributed by atoms with Crippen LogP contribution in [0.2, 0.25) is 0 Å². The van der Waals surface area contributed by atoms with Crippen LogP contribution in [0.25, 0.3) is 0 Å². The van der Waals surface area contributed by atoms with E-state index in [9.17, 15) is 14.4 Å². The summed E-state index contributed by atoms with van der Waals surface area (Å²) in [6.07, 6.45) is 5.65. The van der Waals surface area contributed by atoms with E-state index in [1.54, 1.807) is 13.0 Å². The molecule has 3 rings (SSSR count). The van der Waals surface area contributed by atoms with Gasteiger partial charge < -0.3 is 19.5 Å². The number of nitrogens with one attached hydrogen (secondary N) is 1. The Morgan fingerprint density at radius 3 is 2.80 bits per heavy atom. The Hall–Kier alpha value is -2.38. The van der Waals surface area contributed by atoms with Gasteiger partial charge in [-0.25, -0.2) is 0 Å². The van der Waals surface area contributed by atoms with E-state index in [0.717, 1.165) is 25.7 Å². The van der Waals surface area contributed by atoms with E-state index < -0.39 is 24.4 Å². The number of carbonyl (C=O) groups excluding carboxylic acids is 3. The van der Waals surface area contributed by atoms with Crippen molar-refractivity contribution in [2.24, 2.45) is 5.92 Å². The lowest BCUT2D eigenvalue weighted by atomic mass is 9.94. The summed E-state index contributed by atoms with van der Waals surface area (Å²) < 4.78 is 9.90. The minimum atomic E-state index is -0.502. The minimum Gasteiger partial charge on any atom is -0.455 e. The molecule has 2 fully saturated rings. The van der Waals surface area contributed by atoms with Crippen molar-refractivity contribution in [1.82, 2.24) is 10.1 Å². The van der Waals surface area contributed by atoms with Crippen molar-refractivity contribution >= 4 is 23.6 Å². The van der Waals surface area contributed by atoms with Crippen LogP contribution in [0.5, 0.6) is 0 Å². The molecule has 136 valence electrons. The maximum Gasteiger partial charge on any atom is 0.311 e. The van der Waals surface area contributed by atoms with Gasteiger partial charge in [-0.1, -0.05) is 24.4 Å². The van der Waals surface area contributed by atoms with Crippen molar-refractivity contribution in [3.63, 3.8) is 0 Å². The summed E-state index contributed by atoms with van der Waals surface area (Å²) in [5.41, 5.74) is 0. The zero-order valence-corrected chi connectivity index (χ0v) is 14.3. The molecule has 2 aliphatic rings. The number of aryl methyl sites for hydroxylation is 1. The van der Waals surface area contributed by atoms with E-state index in [1.165, 1.54) is 6.42 Å². The molecule has 0 spiro atoms. The Bertz CT molecular complexity index is 650. The smallest absolute Gasteiger partial charge is 0.311 e. The maximum atomic E-state index is 12.2. The summed E-state index contributed by atoms with van der Waals surface area (Å²) in [6.45, 7) is 1.70. The number of nitrogens with zero attached hydrogens (tertiary/aromatic N) is 2. The fourth-order valence-electron chi connectivity index (χ4n) is 3.49. The van der Waals surface area contributed by atoms with Gasteiger partial charge in [0.05, 0.1) is 5.92 Å². The number of aromatic nitrogens is 1. The summed E-state index contributed by atoms with van der Waals surface area (Å²) in [4.78, 5) is 37.9. The summed E-state index contributed by atoms with van der Waals surface area (Å²) in [5, 5.41) is 6.11. The third kappa shape index (κ3) is 4.37. The Labute approximate surface area is 145 Å². The quantitative estimate of drug-likeness (QED) is 0.811. The third-order valence-electron chi connectivity index (χ3n) is 4.75. The van der Waals surface area contributed by atoms with Crippen molar-refractivity contribution in [3.05, 3.63) is 11.8 Å². The topological polar surface area (TPSA) is 102 Å². The number of likely N-dealkylation sites (tertiary alicyclic amines) is 1. The number of hydrogen-bond donors (Lipinski definition) is 1. The van der Waals surface area contributed by atoms with Gasteiger partial charge in [-0.05, 0) is 19.8 Å². The molecule has 8 heteroatoms. The highest BCUT2D eigenvalue weighted by atomic mass is 16.5. The molecule has 1 saturated carbocycles. The molecule has 1 aromatic heterocycles. The molecule has 25 heavy (non-hydrogen) atoms. The van der Waals surface area contributed by atoms with Crippen LogP contribution in [-0.2, 0) is 19.1 Å². The molecule has 0 radical (unpaired) electrons. The monoisotopic (exact) mass is 349 g/mol. The van der Waals surface area contributed by atoms with Crippen molar-refractivity contribution in [2.45, 2.75) is 51.5 Å². The van der Waals surface area contributed by atoms with Gasteiger partial charge >= 0.3 is 5.97 Å². The van der Waals surface area contributed by atoms with Gasteiger partial charge in [0.1, 0.15) is 5.76 Å². The van der Waals surface area contributed by atoms with Gasteiger partial charge in [0, 0.05) is 25.1 Å². The molecule has 0 unspecified atom stereocenters. The van der Waals surface area contributed by atoms with Crippen LogP contribution in [0.4, 0.5) is 5.82 Å². The lowest BCUT2D eigenvalue weighted by molar-refractivity contribution is -0.151. The van der Waals surface area contributed by atoms with E-state index >= 15 is 0 Å². The standard InChI is InChI=1S/C17H23N3O5/c1-11-7-14(19-25-11)18-15(21)10-24-17(23)12-8-16(22)20(9-12)13-5-3-2-4-6-13/h7,12-13H,2-6,8-10H2,1H3,(H,18,19,21)/t12-/m1/s1. The van der Waals surface area contributed by atoms with E-state index in [2.05, 4.69) is 10.5 Å². The van der Waals surface area contributed by atoms with Crippen LogP contribution in [0.1, 0.15) is 44.3 Å². The summed E-state index contributed by atoms with van der Waals surface area (Å²) in [6, 6.07) is 1.81. The fourth-order valence-corrected chi connectivity index (χ4v) is 3.49. The Morgan fingerprint density at radius 2 is 2.12 bits per heavy atom. The molecular weight excluding hydrogens is 326 g/mol. The summed E-state index contributed by atoms with van der Waals surface area (Å²) in [7, 11) is 0. The van der Waals surface area contributed by atoms with Gasteiger partial charge in [0.2, 0.25) is 5.91 Å². The van der Waals surface area contributed by atoms with E-state index in [-0.39, 0.29) is 24.2 Å². The van der Waals surface area contributed by atoms with Crippen molar-refractivity contribution < 1.29 is 23.6 Å². The number of rotatable bonds is 5. The normalized spacial score (nSPS) is 21.4. The largest absolute Gasteiger partial charge is 0.455 e. The zero-order chi connectivity index (χ0) is 17.8. The highest BCUT2D eigenvalue weighted by molar-refractivity contribution is 5.93. The van der Waals surface area contributed by atoms with Crippen LogP contribution in [0.3, 0.4) is 0 Å². The molecule has 8 nitrogen and oxygen atoms in total. The second-order valence-electron chi connectivity index (χ2n) is 6.72. The van der Waals surface area contributed by atoms with Gasteiger partial charge in [0.15, 0.2) is 12.4 Å². The Balaban J connectivity index is 1.45. The third-order valence-corrected chi connectivity index (χ3v) is 4.75. The molecule has 1 N–H and O–H groups in total. The average Bonchev–Trinajstić information content (AvgIpc) is 3.19. The van der Waals surface area contributed by atoms with Gasteiger partial charge in [-0.3, -0.25) is 14.4 Å². The number of ether oxygens (including phenoxy) is 1. The first-order chi connectivity index (χ1) is 12.0. The first-order valence-electron chi connectivity index (χ1n) is 8.72. The van der Waals surface area contributed by atoms with Crippen LogP contribution < -0.4 is 5.32 Å². The molecular formula is C17H23N3O5. The van der Waals surface area contributed by atoms with E-state index in [1.807, 2.05) is 4.90 Å². The predicted octanol–water partition coefficient (Wildman–Crippen LogP) is 1.65. The molecule has 1 aliphatic carbocycles. The summed E-state index contributed by atoms with van der Waals surface area (Å²) in [5.74, 6) is -0.626. The van der Waals surface area contributed by atoms with Crippen molar-refractivity contribution in [1.29, 1.82) is 0 Å². The maximum absolute atomic E-state index is 12.2. The van der Waals surface area contributed by atoms with Gasteiger partial charge in [0.25, 0.3) is 5.91 Å². The predicted molar refractivity (Wildman–Crippen MR) is 87.5 cm³/mol. The summed E-state index contributed by atoms with van der Waals surface area (Å²) >= 11 is 0. The average molecular weight is 349 g/mol. The first kappa shape index (κ1) is 17.4. The molecule has 1 aliphatic heterocycles. The van der Waals surface area contributed by atoms with E-state index in [4.69, 9.17) is 9.26 Å². The van der Waals surface area contributed by atoms with Crippen LogP contribution in [0, 0.1) is 12.8 Å². The lowest BCUT2D eigenvalue weighted by Gasteiger charge is -2.31. The van der Waals surface area contributed by atoms with Crippen molar-refractivity contribution in [2.75, 3.05) is 18.5 Å². The fraction of sp³-hybridized carbons (Fsp3) is 0.647. The number of carbonyl (C=O) groups is 3. The van der Waals surface area contributed by atoms with Crippen molar-refractivity contribution in [3.8, 4) is 0 Å². The number of amides is 2. The molecule has 1 aromatic rings. The van der Waals surface area contributed by atoms with Crippen LogP contribution >= 0.6 is 0 Å². The minimum absolute atomic E-state index is 0.0105. The molecule has 2 amide bonds.